The lowest BCUT2D eigenvalue weighted by Crippen LogP contribution is -2.18. The first-order chi connectivity index (χ1) is 13.6. The minimum atomic E-state index is -4.82. The number of nitro benzene ring substituents is 1. The molecule has 6 nitrogen and oxygen atoms in total. The van der Waals surface area contributed by atoms with E-state index in [0.717, 1.165) is 6.26 Å². The predicted molar refractivity (Wildman–Crippen MR) is 97.3 cm³/mol. The summed E-state index contributed by atoms with van der Waals surface area (Å²) in [5.74, 6) is -1.76. The molecule has 9 heteroatoms. The highest BCUT2D eigenvalue weighted by atomic mass is 19.4. The van der Waals surface area contributed by atoms with Crippen LogP contribution in [0.5, 0.6) is 0 Å². The summed E-state index contributed by atoms with van der Waals surface area (Å²) < 4.78 is 43.6. The van der Waals surface area contributed by atoms with Crippen molar-refractivity contribution in [2.24, 2.45) is 0 Å². The summed E-state index contributed by atoms with van der Waals surface area (Å²) in [5.41, 5.74) is -2.84. The van der Waals surface area contributed by atoms with Gasteiger partial charge in [0.15, 0.2) is 5.78 Å². The highest BCUT2D eigenvalue weighted by Crippen LogP contribution is 2.33. The SMILES string of the molecule is CCOC=C(C(=O)Cc1ccccc1)C(=O)c1ccc(C(F)(F)F)cc1[N+](=O)[O-]. The van der Waals surface area contributed by atoms with Crippen molar-refractivity contribution in [2.75, 3.05) is 6.61 Å². The fourth-order valence-electron chi connectivity index (χ4n) is 2.49. The molecule has 0 N–H and O–H groups in total. The zero-order valence-corrected chi connectivity index (χ0v) is 15.2. The first-order valence-electron chi connectivity index (χ1n) is 8.44. The lowest BCUT2D eigenvalue weighted by Gasteiger charge is -2.10. The summed E-state index contributed by atoms with van der Waals surface area (Å²) in [4.78, 5) is 35.6. The van der Waals surface area contributed by atoms with Crippen molar-refractivity contribution in [2.45, 2.75) is 19.5 Å². The van der Waals surface area contributed by atoms with Crippen molar-refractivity contribution in [3.05, 3.63) is 87.2 Å². The zero-order chi connectivity index (χ0) is 21.6. The van der Waals surface area contributed by atoms with Gasteiger partial charge >= 0.3 is 6.18 Å². The Morgan fingerprint density at radius 2 is 1.79 bits per heavy atom. The Morgan fingerprint density at radius 3 is 2.34 bits per heavy atom. The minimum Gasteiger partial charge on any atom is -0.501 e. The van der Waals surface area contributed by atoms with Gasteiger partial charge in [-0.3, -0.25) is 19.7 Å². The third-order valence-electron chi connectivity index (χ3n) is 3.89. The highest BCUT2D eigenvalue weighted by molar-refractivity contribution is 6.27. The van der Waals surface area contributed by atoms with Crippen LogP contribution in [0, 0.1) is 10.1 Å². The molecule has 0 bridgehead atoms. The molecular formula is C20H16F3NO5. The first-order valence-corrected chi connectivity index (χ1v) is 8.44. The van der Waals surface area contributed by atoms with E-state index in [0.29, 0.717) is 17.7 Å². The molecule has 0 unspecified atom stereocenters. The van der Waals surface area contributed by atoms with Crippen molar-refractivity contribution in [3.8, 4) is 0 Å². The zero-order valence-electron chi connectivity index (χ0n) is 15.2. The number of carbonyl (C=O) groups is 2. The fraction of sp³-hybridized carbons (Fsp3) is 0.200. The second-order valence-electron chi connectivity index (χ2n) is 5.89. The molecule has 29 heavy (non-hydrogen) atoms. The molecule has 0 saturated heterocycles. The molecule has 2 aromatic carbocycles. The molecule has 0 fully saturated rings. The van der Waals surface area contributed by atoms with E-state index in [4.69, 9.17) is 4.74 Å². The van der Waals surface area contributed by atoms with E-state index in [2.05, 4.69) is 0 Å². The number of ether oxygens (including phenoxy) is 1. The molecule has 0 atom stereocenters. The van der Waals surface area contributed by atoms with Crippen LogP contribution in [0.15, 0.2) is 60.4 Å². The number of halogens is 3. The van der Waals surface area contributed by atoms with Gasteiger partial charge in [-0.25, -0.2) is 0 Å². The van der Waals surface area contributed by atoms with Gasteiger partial charge in [0, 0.05) is 12.5 Å². The summed E-state index contributed by atoms with van der Waals surface area (Å²) in [6, 6.07) is 9.95. The Morgan fingerprint density at radius 1 is 1.14 bits per heavy atom. The van der Waals surface area contributed by atoms with Gasteiger partial charge in [0.2, 0.25) is 5.78 Å². The first kappa shape index (κ1) is 21.8. The van der Waals surface area contributed by atoms with Crippen molar-refractivity contribution in [1.29, 1.82) is 0 Å². The molecule has 152 valence electrons. The molecule has 2 aromatic rings. The van der Waals surface area contributed by atoms with Crippen LogP contribution in [0.2, 0.25) is 0 Å². The Hall–Kier alpha value is -3.49. The number of nitro groups is 1. The average Bonchev–Trinajstić information content (AvgIpc) is 2.67. The van der Waals surface area contributed by atoms with Crippen molar-refractivity contribution < 1.29 is 32.4 Å². The second kappa shape index (κ2) is 9.13. The van der Waals surface area contributed by atoms with E-state index in [1.54, 1.807) is 37.3 Å². The van der Waals surface area contributed by atoms with Gasteiger partial charge in [-0.15, -0.1) is 0 Å². The third kappa shape index (κ3) is 5.50. The Bertz CT molecular complexity index is 952. The maximum Gasteiger partial charge on any atom is 0.416 e. The largest absolute Gasteiger partial charge is 0.501 e. The number of Topliss-reactive ketones (excluding diaryl/α,β-unsaturated/α-hetero) is 2. The Balaban J connectivity index is 2.46. The van der Waals surface area contributed by atoms with Crippen LogP contribution in [0.25, 0.3) is 0 Å². The Labute approximate surface area is 163 Å². The number of alkyl halides is 3. The molecule has 0 aliphatic rings. The molecule has 0 radical (unpaired) electrons. The van der Waals surface area contributed by atoms with Crippen LogP contribution in [-0.2, 0) is 22.1 Å². The van der Waals surface area contributed by atoms with Gasteiger partial charge in [-0.1, -0.05) is 30.3 Å². The molecule has 0 amide bonds. The number of ketones is 2. The van der Waals surface area contributed by atoms with Gasteiger partial charge in [-0.05, 0) is 24.6 Å². The maximum absolute atomic E-state index is 12.9. The minimum absolute atomic E-state index is 0.116. The van der Waals surface area contributed by atoms with Gasteiger partial charge in [0.05, 0.1) is 23.4 Å². The topological polar surface area (TPSA) is 86.5 Å². The normalized spacial score (nSPS) is 11.8. The highest BCUT2D eigenvalue weighted by Gasteiger charge is 2.35. The van der Waals surface area contributed by atoms with Crippen LogP contribution in [0.1, 0.15) is 28.4 Å². The average molecular weight is 407 g/mol. The number of nitrogens with zero attached hydrogens (tertiary/aromatic N) is 1. The van der Waals surface area contributed by atoms with Crippen LogP contribution < -0.4 is 0 Å². The van der Waals surface area contributed by atoms with Gasteiger partial charge < -0.3 is 4.74 Å². The van der Waals surface area contributed by atoms with Gasteiger partial charge in [-0.2, -0.15) is 13.2 Å². The smallest absolute Gasteiger partial charge is 0.416 e. The summed E-state index contributed by atoms with van der Waals surface area (Å²) in [6.45, 7) is 1.71. The number of carbonyl (C=O) groups excluding carboxylic acids is 2. The van der Waals surface area contributed by atoms with E-state index in [9.17, 15) is 32.9 Å². The van der Waals surface area contributed by atoms with Crippen LogP contribution >= 0.6 is 0 Å². The number of rotatable bonds is 8. The molecule has 0 saturated carbocycles. The van der Waals surface area contributed by atoms with E-state index in [-0.39, 0.29) is 19.1 Å². The van der Waals surface area contributed by atoms with Crippen molar-refractivity contribution in [3.63, 3.8) is 0 Å². The lowest BCUT2D eigenvalue weighted by atomic mass is 9.95. The number of hydrogen-bond donors (Lipinski definition) is 0. The van der Waals surface area contributed by atoms with E-state index in [1.165, 1.54) is 0 Å². The van der Waals surface area contributed by atoms with Crippen molar-refractivity contribution >= 4 is 17.3 Å². The van der Waals surface area contributed by atoms with E-state index in [1.807, 2.05) is 0 Å². The molecule has 2 rings (SSSR count). The summed E-state index contributed by atoms with van der Waals surface area (Å²) in [5, 5.41) is 11.3. The van der Waals surface area contributed by atoms with Crippen LogP contribution in [-0.4, -0.2) is 23.1 Å². The fourth-order valence-corrected chi connectivity index (χ4v) is 2.49. The summed E-state index contributed by atoms with van der Waals surface area (Å²) in [7, 11) is 0. The second-order valence-corrected chi connectivity index (χ2v) is 5.89. The van der Waals surface area contributed by atoms with Crippen LogP contribution in [0.4, 0.5) is 18.9 Å². The van der Waals surface area contributed by atoms with E-state index < -0.39 is 45.1 Å². The van der Waals surface area contributed by atoms with E-state index >= 15 is 0 Å². The number of hydrogen-bond acceptors (Lipinski definition) is 5. The third-order valence-corrected chi connectivity index (χ3v) is 3.89. The van der Waals surface area contributed by atoms with Gasteiger partial charge in [0.25, 0.3) is 5.69 Å². The molecular weight excluding hydrogens is 391 g/mol. The predicted octanol–water partition coefficient (Wildman–Crippen LogP) is 4.53. The molecule has 0 heterocycles. The van der Waals surface area contributed by atoms with Gasteiger partial charge in [0.1, 0.15) is 11.1 Å². The number of benzene rings is 2. The Kier molecular flexibility index (Phi) is 6.87. The number of allylic oxidation sites excluding steroid dienone is 1. The summed E-state index contributed by atoms with van der Waals surface area (Å²) >= 11 is 0. The standard InChI is InChI=1S/C20H16F3NO5/c1-2-29-12-16(18(25)10-13-6-4-3-5-7-13)19(26)15-9-8-14(20(21,22)23)11-17(15)24(27)28/h3-9,11-12H,2,10H2,1H3. The quantitative estimate of drug-likeness (QED) is 0.122. The molecule has 0 aliphatic heterocycles. The lowest BCUT2D eigenvalue weighted by molar-refractivity contribution is -0.385. The van der Waals surface area contributed by atoms with Crippen molar-refractivity contribution in [1.82, 2.24) is 0 Å². The summed E-state index contributed by atoms with van der Waals surface area (Å²) in [6.07, 6.45) is -4.12. The molecule has 0 spiro atoms. The molecule has 0 aromatic heterocycles. The monoisotopic (exact) mass is 407 g/mol. The maximum atomic E-state index is 12.9. The van der Waals surface area contributed by atoms with Crippen LogP contribution in [0.3, 0.4) is 0 Å². The molecule has 0 aliphatic carbocycles.